The van der Waals surface area contributed by atoms with Crippen LogP contribution >= 0.6 is 0 Å². The fourth-order valence-corrected chi connectivity index (χ4v) is 4.06. The van der Waals surface area contributed by atoms with Gasteiger partial charge in [-0.1, -0.05) is 12.1 Å². The Kier molecular flexibility index (Phi) is 7.54. The van der Waals surface area contributed by atoms with Crippen LogP contribution in [0.2, 0.25) is 0 Å². The van der Waals surface area contributed by atoms with Gasteiger partial charge in [-0.15, -0.1) is 0 Å². The van der Waals surface area contributed by atoms with Crippen LogP contribution in [0.1, 0.15) is 0 Å². The number of carbonyl (C=O) groups excluding carboxylic acids is 1. The lowest BCUT2D eigenvalue weighted by Gasteiger charge is -2.37. The number of carbonyl (C=O) groups is 1. The third-order valence-corrected chi connectivity index (χ3v) is 5.90. The molecule has 2 aromatic carbocycles. The lowest BCUT2D eigenvalue weighted by molar-refractivity contribution is -0.117. The predicted molar refractivity (Wildman–Crippen MR) is 123 cm³/mol. The highest BCUT2D eigenvalue weighted by molar-refractivity contribution is 5.92. The number of methoxy groups -OCH3 is 2. The molecule has 2 aliphatic rings. The zero-order chi connectivity index (χ0) is 23.2. The number of nitrogens with zero attached hydrogens (tertiary/aromatic N) is 2. The van der Waals surface area contributed by atoms with Crippen LogP contribution in [0.5, 0.6) is 23.0 Å². The molecule has 2 N–H and O–H groups in total. The lowest BCUT2D eigenvalue weighted by Crippen LogP contribution is -2.53. The Bertz CT molecular complexity index is 948. The predicted octanol–water partition coefficient (Wildman–Crippen LogP) is 1.46. The summed E-state index contributed by atoms with van der Waals surface area (Å²) in [5.74, 6) is 2.47. The number of para-hydroxylation sites is 2. The third-order valence-electron chi connectivity index (χ3n) is 5.90. The average Bonchev–Trinajstić information content (AvgIpc) is 2.84. The van der Waals surface area contributed by atoms with E-state index in [1.807, 2.05) is 24.3 Å². The third kappa shape index (κ3) is 5.87. The number of nitrogens with one attached hydrogen (secondary N) is 1. The lowest BCUT2D eigenvalue weighted by atomic mass is 10.1. The number of aliphatic hydroxyl groups excluding tert-OH is 1. The normalized spacial score (nSPS) is 19.5. The summed E-state index contributed by atoms with van der Waals surface area (Å²) in [6.07, 6.45) is -1.05. The van der Waals surface area contributed by atoms with Gasteiger partial charge in [0.05, 0.1) is 20.8 Å². The molecule has 2 aromatic rings. The van der Waals surface area contributed by atoms with E-state index >= 15 is 0 Å². The largest absolute Gasteiger partial charge is 0.493 e. The first-order valence-corrected chi connectivity index (χ1v) is 11.1. The fraction of sp³-hybridized carbons (Fsp3) is 0.458. The molecule has 0 spiro atoms. The van der Waals surface area contributed by atoms with E-state index in [0.29, 0.717) is 48.4 Å². The van der Waals surface area contributed by atoms with E-state index in [0.717, 1.165) is 26.2 Å². The Morgan fingerprint density at radius 3 is 2.48 bits per heavy atom. The van der Waals surface area contributed by atoms with Crippen LogP contribution < -0.4 is 24.3 Å². The fourth-order valence-electron chi connectivity index (χ4n) is 4.06. The number of piperazine rings is 1. The molecular formula is C24H31N3O6. The molecule has 0 saturated carbocycles. The molecule has 2 aliphatic heterocycles. The van der Waals surface area contributed by atoms with Crippen LogP contribution in [0.4, 0.5) is 5.69 Å². The molecule has 1 saturated heterocycles. The Balaban J connectivity index is 1.20. The van der Waals surface area contributed by atoms with E-state index in [2.05, 4.69) is 15.1 Å². The molecule has 1 fully saturated rings. The van der Waals surface area contributed by atoms with Crippen molar-refractivity contribution in [3.8, 4) is 23.0 Å². The second-order valence-corrected chi connectivity index (χ2v) is 8.18. The number of ether oxygens (including phenoxy) is 4. The van der Waals surface area contributed by atoms with E-state index in [4.69, 9.17) is 18.9 Å². The molecule has 0 radical (unpaired) electrons. The minimum Gasteiger partial charge on any atom is -0.493 e. The van der Waals surface area contributed by atoms with Gasteiger partial charge in [-0.25, -0.2) is 0 Å². The van der Waals surface area contributed by atoms with Crippen LogP contribution in [0.15, 0.2) is 42.5 Å². The van der Waals surface area contributed by atoms with Gasteiger partial charge >= 0.3 is 0 Å². The number of β-amino-alcohol motifs (C(OH)–C–C–N with tert-alkyl or cyclic N) is 1. The quantitative estimate of drug-likeness (QED) is 0.616. The number of hydrogen-bond donors (Lipinski definition) is 2. The zero-order valence-electron chi connectivity index (χ0n) is 19.0. The van der Waals surface area contributed by atoms with Gasteiger partial charge in [0.1, 0.15) is 12.7 Å². The van der Waals surface area contributed by atoms with Crippen LogP contribution in [0.25, 0.3) is 0 Å². The number of rotatable bonds is 8. The van der Waals surface area contributed by atoms with Crippen molar-refractivity contribution >= 4 is 11.6 Å². The van der Waals surface area contributed by atoms with Crippen molar-refractivity contribution in [2.45, 2.75) is 12.2 Å². The highest BCUT2D eigenvalue weighted by Crippen LogP contribution is 2.32. The average molecular weight is 458 g/mol. The molecule has 4 rings (SSSR count). The van der Waals surface area contributed by atoms with Crippen molar-refractivity contribution in [2.75, 3.05) is 65.4 Å². The van der Waals surface area contributed by atoms with Crippen LogP contribution in [-0.4, -0.2) is 93.1 Å². The standard InChI is InChI=1S/C24H31N3O6/c1-30-19-8-7-17(13-22(19)31-2)25-24(29)15-27-11-9-26(10-12-27)14-18(28)23-16-32-20-5-3-4-6-21(20)33-23/h3-8,13,18,23,28H,9-12,14-16H2,1-2H3,(H,25,29). The van der Waals surface area contributed by atoms with Crippen molar-refractivity contribution in [1.82, 2.24) is 9.80 Å². The van der Waals surface area contributed by atoms with Gasteiger partial charge in [0, 0.05) is 44.5 Å². The van der Waals surface area contributed by atoms with E-state index in [-0.39, 0.29) is 5.91 Å². The monoisotopic (exact) mass is 457 g/mol. The van der Waals surface area contributed by atoms with Crippen molar-refractivity contribution in [3.05, 3.63) is 42.5 Å². The van der Waals surface area contributed by atoms with Gasteiger partial charge in [-0.3, -0.25) is 14.6 Å². The maximum Gasteiger partial charge on any atom is 0.238 e. The molecule has 1 amide bonds. The summed E-state index contributed by atoms with van der Waals surface area (Å²) in [4.78, 5) is 16.8. The highest BCUT2D eigenvalue weighted by atomic mass is 16.6. The van der Waals surface area contributed by atoms with Gasteiger partial charge in [0.2, 0.25) is 5.91 Å². The number of hydrogen-bond acceptors (Lipinski definition) is 8. The van der Waals surface area contributed by atoms with E-state index in [1.54, 1.807) is 32.4 Å². The molecule has 9 heteroatoms. The summed E-state index contributed by atoms with van der Waals surface area (Å²) in [6, 6.07) is 12.8. The van der Waals surface area contributed by atoms with Crippen LogP contribution in [0, 0.1) is 0 Å². The zero-order valence-corrected chi connectivity index (χ0v) is 19.0. The smallest absolute Gasteiger partial charge is 0.238 e. The topological polar surface area (TPSA) is 92.7 Å². The Hall–Kier alpha value is -3.01. The SMILES string of the molecule is COc1ccc(NC(=O)CN2CCN(CC(O)C3COc4ccccc4O3)CC2)cc1OC. The molecule has 178 valence electrons. The summed E-state index contributed by atoms with van der Waals surface area (Å²) < 4.78 is 22.1. The first-order valence-electron chi connectivity index (χ1n) is 11.1. The van der Waals surface area contributed by atoms with Gasteiger partial charge in [0.15, 0.2) is 29.1 Å². The maximum atomic E-state index is 12.5. The van der Waals surface area contributed by atoms with Crippen molar-refractivity contribution < 1.29 is 28.8 Å². The summed E-state index contributed by atoms with van der Waals surface area (Å²) >= 11 is 0. The number of fused-ring (bicyclic) bond motifs is 1. The van der Waals surface area contributed by atoms with Gasteiger partial charge in [-0.2, -0.15) is 0 Å². The van der Waals surface area contributed by atoms with Crippen LogP contribution in [0.3, 0.4) is 0 Å². The van der Waals surface area contributed by atoms with E-state index < -0.39 is 12.2 Å². The van der Waals surface area contributed by atoms with Crippen LogP contribution in [-0.2, 0) is 4.79 Å². The minimum atomic E-state index is -0.654. The Morgan fingerprint density at radius 2 is 1.76 bits per heavy atom. The Labute approximate surface area is 193 Å². The molecule has 9 nitrogen and oxygen atoms in total. The highest BCUT2D eigenvalue weighted by Gasteiger charge is 2.30. The van der Waals surface area contributed by atoms with Crippen molar-refractivity contribution in [3.63, 3.8) is 0 Å². The number of anilines is 1. The summed E-state index contributed by atoms with van der Waals surface area (Å²) in [5.41, 5.74) is 0.663. The molecule has 0 bridgehead atoms. The molecular weight excluding hydrogens is 426 g/mol. The second kappa shape index (κ2) is 10.7. The van der Waals surface area contributed by atoms with Gasteiger partial charge in [-0.05, 0) is 24.3 Å². The molecule has 0 aromatic heterocycles. The molecule has 2 heterocycles. The summed E-state index contributed by atoms with van der Waals surface area (Å²) in [7, 11) is 3.13. The summed E-state index contributed by atoms with van der Waals surface area (Å²) in [6.45, 7) is 4.17. The van der Waals surface area contributed by atoms with Gasteiger partial charge < -0.3 is 29.4 Å². The summed E-state index contributed by atoms with van der Waals surface area (Å²) in [5, 5.41) is 13.6. The minimum absolute atomic E-state index is 0.0814. The van der Waals surface area contributed by atoms with Gasteiger partial charge in [0.25, 0.3) is 0 Å². The first-order chi connectivity index (χ1) is 16.1. The van der Waals surface area contributed by atoms with Crippen molar-refractivity contribution in [2.24, 2.45) is 0 Å². The number of benzene rings is 2. The van der Waals surface area contributed by atoms with E-state index in [1.165, 1.54) is 0 Å². The van der Waals surface area contributed by atoms with Crippen molar-refractivity contribution in [1.29, 1.82) is 0 Å². The first kappa shape index (κ1) is 23.2. The molecule has 0 aliphatic carbocycles. The maximum absolute atomic E-state index is 12.5. The molecule has 2 atom stereocenters. The Morgan fingerprint density at radius 1 is 1.06 bits per heavy atom. The number of aliphatic hydroxyl groups is 1. The second-order valence-electron chi connectivity index (χ2n) is 8.18. The van der Waals surface area contributed by atoms with E-state index in [9.17, 15) is 9.90 Å². The molecule has 2 unspecified atom stereocenters. The molecule has 33 heavy (non-hydrogen) atoms. The number of amides is 1.